The third-order valence-corrected chi connectivity index (χ3v) is 5.12. The van der Waals surface area contributed by atoms with E-state index < -0.39 is 0 Å². The number of aromatic nitrogens is 2. The highest BCUT2D eigenvalue weighted by atomic mass is 35.5. The standard InChI is InChI=1S/C21H22ClN5O2/c22-16-10-4-5-11-17(16)27-20(23)19(18(26-27)14-7-2-1-3-8-14)25-21(28)24-13-15-9-6-12-29-15/h1-5,7-8,10-11,15H,6,9,12-13,23H2,(H2,24,25,28)/t15-/m0/s1. The smallest absolute Gasteiger partial charge is 0.319 e. The molecular formula is C21H22ClN5O2. The van der Waals surface area contributed by atoms with Crippen LogP contribution >= 0.6 is 11.6 Å². The van der Waals surface area contributed by atoms with Gasteiger partial charge in [0.2, 0.25) is 0 Å². The lowest BCUT2D eigenvalue weighted by Gasteiger charge is -2.12. The molecule has 1 aromatic heterocycles. The van der Waals surface area contributed by atoms with Crippen LogP contribution < -0.4 is 16.4 Å². The van der Waals surface area contributed by atoms with Gasteiger partial charge in [-0.15, -0.1) is 0 Å². The average Bonchev–Trinajstić information content (AvgIpc) is 3.37. The highest BCUT2D eigenvalue weighted by molar-refractivity contribution is 6.32. The maximum absolute atomic E-state index is 12.5. The third-order valence-electron chi connectivity index (χ3n) is 4.80. The van der Waals surface area contributed by atoms with Gasteiger partial charge in [0.05, 0.1) is 16.8 Å². The van der Waals surface area contributed by atoms with Crippen LogP contribution in [-0.2, 0) is 4.74 Å². The van der Waals surface area contributed by atoms with Crippen LogP contribution in [-0.4, -0.2) is 35.1 Å². The summed E-state index contributed by atoms with van der Waals surface area (Å²) in [5.74, 6) is 0.296. The van der Waals surface area contributed by atoms with Gasteiger partial charge in [-0.05, 0) is 25.0 Å². The van der Waals surface area contributed by atoms with Crippen molar-refractivity contribution in [1.82, 2.24) is 15.1 Å². The molecule has 1 atom stereocenters. The first kappa shape index (κ1) is 19.3. The molecule has 4 N–H and O–H groups in total. The summed E-state index contributed by atoms with van der Waals surface area (Å²) in [4.78, 5) is 12.5. The quantitative estimate of drug-likeness (QED) is 0.589. The van der Waals surface area contributed by atoms with Crippen LogP contribution in [0.2, 0.25) is 5.02 Å². The van der Waals surface area contributed by atoms with E-state index in [0.29, 0.717) is 34.5 Å². The predicted octanol–water partition coefficient (Wildman–Crippen LogP) is 4.08. The molecule has 0 radical (unpaired) electrons. The van der Waals surface area contributed by atoms with E-state index in [0.717, 1.165) is 25.0 Å². The second-order valence-electron chi connectivity index (χ2n) is 6.81. The number of halogens is 1. The van der Waals surface area contributed by atoms with Crippen LogP contribution in [0.5, 0.6) is 0 Å². The molecule has 4 rings (SSSR count). The number of benzene rings is 2. The molecular weight excluding hydrogens is 390 g/mol. The van der Waals surface area contributed by atoms with Gasteiger partial charge in [0, 0.05) is 18.7 Å². The van der Waals surface area contributed by atoms with Crippen molar-refractivity contribution in [1.29, 1.82) is 0 Å². The fraction of sp³-hybridized carbons (Fsp3) is 0.238. The molecule has 1 fully saturated rings. The number of para-hydroxylation sites is 1. The number of carbonyl (C=O) groups is 1. The summed E-state index contributed by atoms with van der Waals surface area (Å²) in [5, 5.41) is 10.9. The Morgan fingerprint density at radius 3 is 2.69 bits per heavy atom. The largest absolute Gasteiger partial charge is 0.382 e. The summed E-state index contributed by atoms with van der Waals surface area (Å²) in [6.45, 7) is 1.19. The number of hydrogen-bond acceptors (Lipinski definition) is 4. The Balaban J connectivity index is 1.65. The average molecular weight is 412 g/mol. The van der Waals surface area contributed by atoms with Crippen molar-refractivity contribution in [2.45, 2.75) is 18.9 Å². The number of carbonyl (C=O) groups excluding carboxylic acids is 1. The molecule has 0 aliphatic carbocycles. The van der Waals surface area contributed by atoms with Crippen molar-refractivity contribution < 1.29 is 9.53 Å². The fourth-order valence-electron chi connectivity index (χ4n) is 3.33. The number of amides is 2. The number of nitrogens with zero attached hydrogens (tertiary/aromatic N) is 2. The van der Waals surface area contributed by atoms with E-state index in [9.17, 15) is 4.79 Å². The normalized spacial score (nSPS) is 16.0. The maximum Gasteiger partial charge on any atom is 0.319 e. The Labute approximate surface area is 173 Å². The van der Waals surface area contributed by atoms with Gasteiger partial charge >= 0.3 is 6.03 Å². The second kappa shape index (κ2) is 8.55. The van der Waals surface area contributed by atoms with E-state index in [1.165, 1.54) is 0 Å². The molecule has 0 saturated carbocycles. The van der Waals surface area contributed by atoms with E-state index in [1.54, 1.807) is 10.7 Å². The molecule has 150 valence electrons. The van der Waals surface area contributed by atoms with E-state index in [-0.39, 0.29) is 12.1 Å². The third kappa shape index (κ3) is 4.21. The molecule has 29 heavy (non-hydrogen) atoms. The van der Waals surface area contributed by atoms with Crippen molar-refractivity contribution >= 4 is 29.1 Å². The zero-order valence-electron chi connectivity index (χ0n) is 15.8. The lowest BCUT2D eigenvalue weighted by Crippen LogP contribution is -2.35. The lowest BCUT2D eigenvalue weighted by molar-refractivity contribution is 0.112. The summed E-state index contributed by atoms with van der Waals surface area (Å²) in [5.41, 5.74) is 8.85. The number of ether oxygens (including phenoxy) is 1. The first-order chi connectivity index (χ1) is 14.1. The zero-order valence-corrected chi connectivity index (χ0v) is 16.5. The van der Waals surface area contributed by atoms with E-state index in [4.69, 9.17) is 22.1 Å². The summed E-state index contributed by atoms with van der Waals surface area (Å²) in [7, 11) is 0. The highest BCUT2D eigenvalue weighted by Gasteiger charge is 2.22. The summed E-state index contributed by atoms with van der Waals surface area (Å²) >= 11 is 6.34. The van der Waals surface area contributed by atoms with Gasteiger partial charge in [-0.3, -0.25) is 0 Å². The minimum absolute atomic E-state index is 0.0533. The molecule has 2 heterocycles. The van der Waals surface area contributed by atoms with Gasteiger partial charge in [0.15, 0.2) is 5.82 Å². The van der Waals surface area contributed by atoms with Gasteiger partial charge < -0.3 is 21.1 Å². The van der Waals surface area contributed by atoms with E-state index in [1.807, 2.05) is 48.5 Å². The van der Waals surface area contributed by atoms with Gasteiger partial charge in [0.25, 0.3) is 0 Å². The van der Waals surface area contributed by atoms with Crippen LogP contribution in [0.4, 0.5) is 16.3 Å². The Hall–Kier alpha value is -3.03. The summed E-state index contributed by atoms with van der Waals surface area (Å²) < 4.78 is 7.09. The first-order valence-corrected chi connectivity index (χ1v) is 9.86. The van der Waals surface area contributed by atoms with Crippen molar-refractivity contribution in [3.8, 4) is 16.9 Å². The number of nitrogen functional groups attached to an aromatic ring is 1. The molecule has 1 aliphatic rings. The highest BCUT2D eigenvalue weighted by Crippen LogP contribution is 2.35. The molecule has 0 unspecified atom stereocenters. The van der Waals surface area contributed by atoms with Gasteiger partial charge in [-0.1, -0.05) is 54.1 Å². The number of anilines is 2. The molecule has 1 saturated heterocycles. The van der Waals surface area contributed by atoms with Crippen molar-refractivity contribution in [2.24, 2.45) is 0 Å². The molecule has 2 aromatic carbocycles. The van der Waals surface area contributed by atoms with Crippen LogP contribution in [0.25, 0.3) is 16.9 Å². The summed E-state index contributed by atoms with van der Waals surface area (Å²) in [6, 6.07) is 16.5. The lowest BCUT2D eigenvalue weighted by atomic mass is 10.1. The topological polar surface area (TPSA) is 94.2 Å². The number of nitrogens with one attached hydrogen (secondary N) is 2. The van der Waals surface area contributed by atoms with Crippen molar-refractivity contribution in [2.75, 3.05) is 24.2 Å². The number of rotatable bonds is 5. The Morgan fingerprint density at radius 1 is 1.21 bits per heavy atom. The Bertz CT molecular complexity index is 1000. The molecule has 0 spiro atoms. The molecule has 7 nitrogen and oxygen atoms in total. The summed E-state index contributed by atoms with van der Waals surface area (Å²) in [6.07, 6.45) is 2.02. The Kier molecular flexibility index (Phi) is 5.69. The number of hydrogen-bond donors (Lipinski definition) is 3. The molecule has 0 bridgehead atoms. The van der Waals surface area contributed by atoms with Crippen molar-refractivity contribution in [3.63, 3.8) is 0 Å². The van der Waals surface area contributed by atoms with E-state index >= 15 is 0 Å². The predicted molar refractivity (Wildman–Crippen MR) is 114 cm³/mol. The van der Waals surface area contributed by atoms with Crippen LogP contribution in [0.15, 0.2) is 54.6 Å². The van der Waals surface area contributed by atoms with E-state index in [2.05, 4.69) is 15.7 Å². The Morgan fingerprint density at radius 2 is 1.97 bits per heavy atom. The van der Waals surface area contributed by atoms with Crippen molar-refractivity contribution in [3.05, 3.63) is 59.6 Å². The minimum Gasteiger partial charge on any atom is -0.382 e. The number of urea groups is 1. The molecule has 1 aliphatic heterocycles. The second-order valence-corrected chi connectivity index (χ2v) is 7.22. The van der Waals surface area contributed by atoms with Crippen LogP contribution in [0, 0.1) is 0 Å². The van der Waals surface area contributed by atoms with Gasteiger partial charge in [-0.2, -0.15) is 5.10 Å². The van der Waals surface area contributed by atoms with Gasteiger partial charge in [-0.25, -0.2) is 9.48 Å². The number of nitrogens with two attached hydrogens (primary N) is 1. The van der Waals surface area contributed by atoms with Crippen LogP contribution in [0.1, 0.15) is 12.8 Å². The fourth-order valence-corrected chi connectivity index (χ4v) is 3.54. The zero-order chi connectivity index (χ0) is 20.2. The maximum atomic E-state index is 12.5. The minimum atomic E-state index is -0.358. The molecule has 2 amide bonds. The van der Waals surface area contributed by atoms with Crippen LogP contribution in [0.3, 0.4) is 0 Å². The first-order valence-electron chi connectivity index (χ1n) is 9.49. The SMILES string of the molecule is Nc1c(NC(=O)NC[C@@H]2CCCO2)c(-c2ccccc2)nn1-c1ccccc1Cl. The molecule has 8 heteroatoms. The monoisotopic (exact) mass is 411 g/mol. The van der Waals surface area contributed by atoms with Gasteiger partial charge in [0.1, 0.15) is 11.4 Å². The molecule has 3 aromatic rings.